The van der Waals surface area contributed by atoms with Crippen LogP contribution in [0.2, 0.25) is 0 Å². The van der Waals surface area contributed by atoms with Crippen molar-refractivity contribution in [1.29, 1.82) is 0 Å². The summed E-state index contributed by atoms with van der Waals surface area (Å²) in [6.45, 7) is 6.43. The fourth-order valence-corrected chi connectivity index (χ4v) is 6.52. The van der Waals surface area contributed by atoms with Crippen molar-refractivity contribution in [2.24, 2.45) is 0 Å². The van der Waals surface area contributed by atoms with Gasteiger partial charge in [-0.3, -0.25) is 14.4 Å². The van der Waals surface area contributed by atoms with Gasteiger partial charge in [-0.05, 0) is 70.6 Å². The van der Waals surface area contributed by atoms with Crippen LogP contribution in [0.3, 0.4) is 0 Å². The number of carbonyl (C=O) groups excluding carboxylic acids is 3. The minimum absolute atomic E-state index is 0.0952. The van der Waals surface area contributed by atoms with Crippen LogP contribution in [0.5, 0.6) is 0 Å². The molecule has 0 aromatic carbocycles. The molecule has 0 spiro atoms. The Morgan fingerprint density at radius 2 is 0.714 bits per heavy atom. The van der Waals surface area contributed by atoms with Crippen LogP contribution in [0.15, 0.2) is 48.6 Å². The Kier molecular flexibility index (Phi) is 43.0. The molecule has 0 aromatic rings. The van der Waals surface area contributed by atoms with Crippen molar-refractivity contribution in [1.82, 2.24) is 0 Å². The lowest BCUT2D eigenvalue weighted by Crippen LogP contribution is -2.30. The van der Waals surface area contributed by atoms with Crippen molar-refractivity contribution in [3.8, 4) is 0 Å². The number of hydrogen-bond donors (Lipinski definition) is 0. The van der Waals surface area contributed by atoms with Gasteiger partial charge >= 0.3 is 17.9 Å². The lowest BCUT2D eigenvalue weighted by Gasteiger charge is -2.18. The molecule has 0 fully saturated rings. The largest absolute Gasteiger partial charge is 0.462 e. The molecule has 324 valence electrons. The Morgan fingerprint density at radius 1 is 0.375 bits per heavy atom. The molecule has 0 saturated carbocycles. The van der Waals surface area contributed by atoms with Crippen LogP contribution in [0.1, 0.15) is 233 Å². The fraction of sp³-hybridized carbons (Fsp3) is 0.780. The second-order valence-corrected chi connectivity index (χ2v) is 15.6. The smallest absolute Gasteiger partial charge is 0.306 e. The first-order valence-corrected chi connectivity index (χ1v) is 23.6. The van der Waals surface area contributed by atoms with Crippen molar-refractivity contribution in [2.75, 3.05) is 13.2 Å². The molecule has 0 amide bonds. The predicted octanol–water partition coefficient (Wildman–Crippen LogP) is 15.1. The topological polar surface area (TPSA) is 78.9 Å². The van der Waals surface area contributed by atoms with Gasteiger partial charge in [0, 0.05) is 19.3 Å². The second-order valence-electron chi connectivity index (χ2n) is 15.6. The number of ether oxygens (including phenoxy) is 3. The van der Waals surface area contributed by atoms with Crippen LogP contribution in [0.25, 0.3) is 0 Å². The van der Waals surface area contributed by atoms with E-state index in [9.17, 15) is 14.4 Å². The minimum atomic E-state index is -0.798. The van der Waals surface area contributed by atoms with E-state index in [4.69, 9.17) is 14.2 Å². The van der Waals surface area contributed by atoms with Gasteiger partial charge in [0.1, 0.15) is 13.2 Å². The second kappa shape index (κ2) is 45.1. The lowest BCUT2D eigenvalue weighted by molar-refractivity contribution is -0.167. The molecule has 0 heterocycles. The highest BCUT2D eigenvalue weighted by Crippen LogP contribution is 2.15. The summed E-state index contributed by atoms with van der Waals surface area (Å²) in [7, 11) is 0. The van der Waals surface area contributed by atoms with E-state index < -0.39 is 6.10 Å². The van der Waals surface area contributed by atoms with Gasteiger partial charge in [0.2, 0.25) is 0 Å². The Labute approximate surface area is 346 Å². The van der Waals surface area contributed by atoms with Crippen LogP contribution in [-0.4, -0.2) is 37.2 Å². The standard InChI is InChI=1S/C50H88O6/c1-4-7-10-13-16-19-21-23-24-25-26-27-29-31-34-37-40-43-49(52)55-46-47(45-54-48(51)42-39-36-33-30-18-15-12-9-6-3)56-50(53)44-41-38-35-32-28-22-20-17-14-11-8-5-2/h8,11,17,20,28,30,32-33,47H,4-7,9-10,12-16,18-19,21-27,29,31,34-46H2,1-3H3/b11-8-,20-17-,32-28-,33-30-. The summed E-state index contributed by atoms with van der Waals surface area (Å²) in [5.41, 5.74) is 0. The molecule has 6 heteroatoms. The third-order valence-corrected chi connectivity index (χ3v) is 10.1. The van der Waals surface area contributed by atoms with Gasteiger partial charge in [0.05, 0.1) is 0 Å². The Hall–Kier alpha value is -2.63. The molecule has 1 atom stereocenters. The van der Waals surface area contributed by atoms with Crippen LogP contribution in [0.4, 0.5) is 0 Å². The van der Waals surface area contributed by atoms with Crippen LogP contribution < -0.4 is 0 Å². The summed E-state index contributed by atoms with van der Waals surface area (Å²) in [4.78, 5) is 37.7. The molecule has 0 aliphatic rings. The number of esters is 3. The normalized spacial score (nSPS) is 12.4. The zero-order valence-electron chi connectivity index (χ0n) is 36.9. The molecule has 0 N–H and O–H groups in total. The van der Waals surface area contributed by atoms with Crippen molar-refractivity contribution in [2.45, 2.75) is 239 Å². The van der Waals surface area contributed by atoms with Gasteiger partial charge in [-0.15, -0.1) is 0 Å². The summed E-state index contributed by atoms with van der Waals surface area (Å²) in [5, 5.41) is 0. The Morgan fingerprint density at radius 3 is 1.21 bits per heavy atom. The van der Waals surface area contributed by atoms with Gasteiger partial charge in [0.15, 0.2) is 6.10 Å². The highest BCUT2D eigenvalue weighted by molar-refractivity contribution is 5.71. The Bertz CT molecular complexity index is 996. The molecule has 56 heavy (non-hydrogen) atoms. The van der Waals surface area contributed by atoms with E-state index in [1.807, 2.05) is 0 Å². The van der Waals surface area contributed by atoms with Crippen LogP contribution in [-0.2, 0) is 28.6 Å². The highest BCUT2D eigenvalue weighted by atomic mass is 16.6. The molecule has 0 aromatic heterocycles. The number of hydrogen-bond acceptors (Lipinski definition) is 6. The quantitative estimate of drug-likeness (QED) is 0.0265. The molecule has 1 unspecified atom stereocenters. The van der Waals surface area contributed by atoms with Crippen molar-refractivity contribution >= 4 is 17.9 Å². The minimum Gasteiger partial charge on any atom is -0.462 e. The first-order valence-electron chi connectivity index (χ1n) is 23.6. The first-order chi connectivity index (χ1) is 27.5. The zero-order valence-corrected chi connectivity index (χ0v) is 36.9. The lowest BCUT2D eigenvalue weighted by atomic mass is 10.0. The molecule has 0 bridgehead atoms. The first kappa shape index (κ1) is 53.4. The summed E-state index contributed by atoms with van der Waals surface area (Å²) in [6, 6.07) is 0. The monoisotopic (exact) mass is 785 g/mol. The van der Waals surface area contributed by atoms with E-state index in [1.165, 1.54) is 116 Å². The maximum atomic E-state index is 12.7. The van der Waals surface area contributed by atoms with Crippen LogP contribution >= 0.6 is 0 Å². The Balaban J connectivity index is 4.35. The molecule has 0 aliphatic carbocycles. The average Bonchev–Trinajstić information content (AvgIpc) is 3.19. The number of rotatable bonds is 42. The summed E-state index contributed by atoms with van der Waals surface area (Å²) in [5.74, 6) is -0.971. The summed E-state index contributed by atoms with van der Waals surface area (Å²) < 4.78 is 16.6. The average molecular weight is 785 g/mol. The third-order valence-electron chi connectivity index (χ3n) is 10.1. The molecule has 0 aliphatic heterocycles. The van der Waals surface area contributed by atoms with Gasteiger partial charge in [-0.1, -0.05) is 191 Å². The van der Waals surface area contributed by atoms with Crippen molar-refractivity contribution in [3.63, 3.8) is 0 Å². The number of unbranched alkanes of at least 4 members (excludes halogenated alkanes) is 23. The SMILES string of the molecule is CC/C=C\C/C=C\C/C=C\CCCCC(=O)OC(COC(=O)CCC/C=C\CCCCCC)COC(=O)CCCCCCCCCCCCCCCCCCC. The maximum absolute atomic E-state index is 12.7. The van der Waals surface area contributed by atoms with E-state index >= 15 is 0 Å². The molecular weight excluding hydrogens is 697 g/mol. The van der Waals surface area contributed by atoms with E-state index in [1.54, 1.807) is 0 Å². The zero-order chi connectivity index (χ0) is 40.8. The van der Waals surface area contributed by atoms with Crippen LogP contribution in [0, 0.1) is 0 Å². The fourth-order valence-electron chi connectivity index (χ4n) is 6.52. The highest BCUT2D eigenvalue weighted by Gasteiger charge is 2.19. The summed E-state index contributed by atoms with van der Waals surface area (Å²) in [6.07, 6.45) is 52.6. The number of carbonyl (C=O) groups is 3. The van der Waals surface area contributed by atoms with E-state index in [0.717, 1.165) is 64.2 Å². The molecule has 6 nitrogen and oxygen atoms in total. The van der Waals surface area contributed by atoms with Gasteiger partial charge < -0.3 is 14.2 Å². The van der Waals surface area contributed by atoms with E-state index in [-0.39, 0.29) is 37.5 Å². The van der Waals surface area contributed by atoms with E-state index in [0.29, 0.717) is 25.7 Å². The summed E-state index contributed by atoms with van der Waals surface area (Å²) >= 11 is 0. The van der Waals surface area contributed by atoms with Crippen molar-refractivity contribution in [3.05, 3.63) is 48.6 Å². The molecule has 0 radical (unpaired) electrons. The third kappa shape index (κ3) is 42.5. The van der Waals surface area contributed by atoms with Crippen molar-refractivity contribution < 1.29 is 28.6 Å². The molecular formula is C50H88O6. The molecule has 0 rings (SSSR count). The number of allylic oxidation sites excluding steroid dienone is 8. The van der Waals surface area contributed by atoms with Gasteiger partial charge in [0.25, 0.3) is 0 Å². The van der Waals surface area contributed by atoms with E-state index in [2.05, 4.69) is 69.4 Å². The maximum Gasteiger partial charge on any atom is 0.306 e. The molecule has 0 saturated heterocycles. The van der Waals surface area contributed by atoms with Gasteiger partial charge in [-0.25, -0.2) is 0 Å². The van der Waals surface area contributed by atoms with Gasteiger partial charge in [-0.2, -0.15) is 0 Å². The predicted molar refractivity (Wildman–Crippen MR) is 238 cm³/mol.